The predicted molar refractivity (Wildman–Crippen MR) is 64.2 cm³/mol. The fraction of sp³-hybridized carbons (Fsp3) is 0.100. The topological polar surface area (TPSA) is 53.1 Å². The third kappa shape index (κ3) is 2.23. The molecular formula is C10H9Cl2N3O. The first-order chi connectivity index (χ1) is 7.56. The average Bonchev–Trinajstić information content (AvgIpc) is 2.60. The lowest BCUT2D eigenvalue weighted by Crippen LogP contribution is -1.92. The molecule has 16 heavy (non-hydrogen) atoms. The average molecular weight is 258 g/mol. The molecule has 0 amide bonds. The molecule has 0 aliphatic heterocycles. The van der Waals surface area contributed by atoms with E-state index in [9.17, 15) is 0 Å². The van der Waals surface area contributed by atoms with Crippen molar-refractivity contribution in [3.8, 4) is 11.5 Å². The van der Waals surface area contributed by atoms with Crippen molar-refractivity contribution in [1.29, 1.82) is 0 Å². The molecule has 0 atom stereocenters. The van der Waals surface area contributed by atoms with E-state index in [4.69, 9.17) is 33.7 Å². The van der Waals surface area contributed by atoms with Crippen molar-refractivity contribution in [1.82, 2.24) is 9.78 Å². The highest BCUT2D eigenvalue weighted by Gasteiger charge is 2.08. The smallest absolute Gasteiger partial charge is 0.165 e. The van der Waals surface area contributed by atoms with Gasteiger partial charge in [-0.25, -0.2) is 0 Å². The van der Waals surface area contributed by atoms with Crippen molar-refractivity contribution in [3.63, 3.8) is 0 Å². The van der Waals surface area contributed by atoms with E-state index in [1.807, 2.05) is 0 Å². The second-order valence-electron chi connectivity index (χ2n) is 3.26. The van der Waals surface area contributed by atoms with Gasteiger partial charge in [-0.05, 0) is 6.07 Å². The summed E-state index contributed by atoms with van der Waals surface area (Å²) in [5.74, 6) is 1.05. The molecule has 1 heterocycles. The van der Waals surface area contributed by atoms with Gasteiger partial charge in [-0.2, -0.15) is 5.10 Å². The number of ether oxygens (including phenoxy) is 1. The Morgan fingerprint density at radius 3 is 2.62 bits per heavy atom. The molecule has 0 saturated heterocycles. The fourth-order valence-electron chi connectivity index (χ4n) is 1.21. The van der Waals surface area contributed by atoms with Crippen molar-refractivity contribution in [2.24, 2.45) is 7.05 Å². The lowest BCUT2D eigenvalue weighted by molar-refractivity contribution is 0.484. The summed E-state index contributed by atoms with van der Waals surface area (Å²) in [6.07, 6.45) is 3.31. The van der Waals surface area contributed by atoms with Crippen molar-refractivity contribution >= 4 is 28.9 Å². The van der Waals surface area contributed by atoms with Gasteiger partial charge < -0.3 is 10.5 Å². The summed E-state index contributed by atoms with van der Waals surface area (Å²) < 4.78 is 7.14. The molecule has 2 N–H and O–H groups in total. The van der Waals surface area contributed by atoms with Gasteiger partial charge >= 0.3 is 0 Å². The van der Waals surface area contributed by atoms with Crippen molar-refractivity contribution < 1.29 is 4.74 Å². The van der Waals surface area contributed by atoms with Crippen LogP contribution in [0.1, 0.15) is 0 Å². The summed E-state index contributed by atoms with van der Waals surface area (Å²) in [6, 6.07) is 3.13. The highest BCUT2D eigenvalue weighted by atomic mass is 35.5. The molecule has 0 unspecified atom stereocenters. The summed E-state index contributed by atoms with van der Waals surface area (Å²) in [5, 5.41) is 4.77. The monoisotopic (exact) mass is 257 g/mol. The third-order valence-electron chi connectivity index (χ3n) is 1.96. The van der Waals surface area contributed by atoms with Crippen LogP contribution in [-0.2, 0) is 7.05 Å². The highest BCUT2D eigenvalue weighted by molar-refractivity contribution is 6.42. The van der Waals surface area contributed by atoms with E-state index in [-0.39, 0.29) is 0 Å². The van der Waals surface area contributed by atoms with Gasteiger partial charge in [0.1, 0.15) is 0 Å². The number of hydrogen-bond acceptors (Lipinski definition) is 3. The maximum atomic E-state index is 5.87. The van der Waals surface area contributed by atoms with E-state index in [2.05, 4.69) is 5.10 Å². The van der Waals surface area contributed by atoms with Crippen molar-refractivity contribution in [2.75, 3.05) is 5.73 Å². The van der Waals surface area contributed by atoms with E-state index in [0.717, 1.165) is 0 Å². The molecule has 0 bridgehead atoms. The van der Waals surface area contributed by atoms with E-state index in [0.29, 0.717) is 27.2 Å². The molecule has 0 aliphatic carbocycles. The molecule has 1 aromatic carbocycles. The Hall–Kier alpha value is -1.39. The van der Waals surface area contributed by atoms with Crippen LogP contribution in [-0.4, -0.2) is 9.78 Å². The molecule has 1 aromatic heterocycles. The normalized spacial score (nSPS) is 10.4. The van der Waals surface area contributed by atoms with Crippen molar-refractivity contribution in [2.45, 2.75) is 0 Å². The second-order valence-corrected chi connectivity index (χ2v) is 4.07. The van der Waals surface area contributed by atoms with Crippen LogP contribution in [0.2, 0.25) is 10.0 Å². The molecule has 84 valence electrons. The Kier molecular flexibility index (Phi) is 2.94. The van der Waals surface area contributed by atoms with Gasteiger partial charge in [-0.1, -0.05) is 23.2 Å². The van der Waals surface area contributed by atoms with Crippen LogP contribution in [0.4, 0.5) is 5.69 Å². The standard InChI is InChI=1S/C10H9Cl2N3O/c1-15-5-6(4-14-15)16-10-3-8(12)7(11)2-9(10)13/h2-5H,13H2,1H3. The molecule has 0 aliphatic rings. The zero-order chi connectivity index (χ0) is 11.7. The van der Waals surface area contributed by atoms with Gasteiger partial charge in [0.2, 0.25) is 0 Å². The number of aromatic nitrogens is 2. The first kappa shape index (κ1) is 11.1. The number of benzene rings is 1. The summed E-state index contributed by atoms with van der Waals surface area (Å²) in [7, 11) is 1.80. The number of nitrogen functional groups attached to an aromatic ring is 1. The van der Waals surface area contributed by atoms with Crippen LogP contribution in [0, 0.1) is 0 Å². The van der Waals surface area contributed by atoms with Gasteiger partial charge in [0.25, 0.3) is 0 Å². The highest BCUT2D eigenvalue weighted by Crippen LogP contribution is 2.34. The lowest BCUT2D eigenvalue weighted by Gasteiger charge is -2.07. The number of nitrogens with two attached hydrogens (primary N) is 1. The van der Waals surface area contributed by atoms with Crippen LogP contribution >= 0.6 is 23.2 Å². The molecule has 0 fully saturated rings. The minimum atomic E-state index is 0.398. The largest absolute Gasteiger partial charge is 0.452 e. The second kappa shape index (κ2) is 4.23. The number of nitrogens with zero attached hydrogens (tertiary/aromatic N) is 2. The van der Waals surface area contributed by atoms with E-state index >= 15 is 0 Å². The molecule has 0 radical (unpaired) electrons. The Bertz CT molecular complexity index is 525. The summed E-state index contributed by atoms with van der Waals surface area (Å²) >= 11 is 11.7. The lowest BCUT2D eigenvalue weighted by atomic mass is 10.3. The number of rotatable bonds is 2. The van der Waals surface area contributed by atoms with Gasteiger partial charge in [0.05, 0.1) is 28.1 Å². The van der Waals surface area contributed by atoms with Gasteiger partial charge in [0.15, 0.2) is 11.5 Å². The van der Waals surface area contributed by atoms with Crippen LogP contribution in [0.3, 0.4) is 0 Å². The Morgan fingerprint density at radius 2 is 2.00 bits per heavy atom. The predicted octanol–water partition coefficient (Wildman–Crippen LogP) is 3.10. The summed E-state index contributed by atoms with van der Waals surface area (Å²) in [6.45, 7) is 0. The van der Waals surface area contributed by atoms with E-state index < -0.39 is 0 Å². The first-order valence-electron chi connectivity index (χ1n) is 4.47. The SMILES string of the molecule is Cn1cc(Oc2cc(Cl)c(Cl)cc2N)cn1. The van der Waals surface area contributed by atoms with Crippen LogP contribution < -0.4 is 10.5 Å². The number of aryl methyl sites for hydroxylation is 1. The molecular weight excluding hydrogens is 249 g/mol. The van der Waals surface area contributed by atoms with Crippen LogP contribution in [0.25, 0.3) is 0 Å². The zero-order valence-electron chi connectivity index (χ0n) is 8.45. The summed E-state index contributed by atoms with van der Waals surface area (Å²) in [4.78, 5) is 0. The van der Waals surface area contributed by atoms with E-state index in [1.165, 1.54) is 0 Å². The molecule has 0 saturated carbocycles. The first-order valence-corrected chi connectivity index (χ1v) is 5.23. The van der Waals surface area contributed by atoms with Gasteiger partial charge in [0, 0.05) is 13.1 Å². The maximum absolute atomic E-state index is 5.87. The fourth-order valence-corrected chi connectivity index (χ4v) is 1.54. The molecule has 2 aromatic rings. The Balaban J connectivity index is 2.31. The molecule has 2 rings (SSSR count). The quantitative estimate of drug-likeness (QED) is 0.842. The minimum absolute atomic E-state index is 0.398. The van der Waals surface area contributed by atoms with Crippen LogP contribution in [0.5, 0.6) is 11.5 Å². The number of halogens is 2. The zero-order valence-corrected chi connectivity index (χ0v) is 9.96. The Labute approximate surface area is 103 Å². The third-order valence-corrected chi connectivity index (χ3v) is 2.68. The van der Waals surface area contributed by atoms with E-state index in [1.54, 1.807) is 36.3 Å². The maximum Gasteiger partial charge on any atom is 0.165 e. The molecule has 0 spiro atoms. The number of hydrogen-bond donors (Lipinski definition) is 1. The molecule has 6 heteroatoms. The van der Waals surface area contributed by atoms with Gasteiger partial charge in [-0.15, -0.1) is 0 Å². The van der Waals surface area contributed by atoms with Crippen LogP contribution in [0.15, 0.2) is 24.5 Å². The van der Waals surface area contributed by atoms with Crippen molar-refractivity contribution in [3.05, 3.63) is 34.6 Å². The summed E-state index contributed by atoms with van der Waals surface area (Å²) in [5.41, 5.74) is 6.18. The number of anilines is 1. The Morgan fingerprint density at radius 1 is 1.31 bits per heavy atom. The molecule has 4 nitrogen and oxygen atoms in total. The minimum Gasteiger partial charge on any atom is -0.452 e. The van der Waals surface area contributed by atoms with Gasteiger partial charge in [-0.3, -0.25) is 4.68 Å².